The SMILES string of the molecule is C=C=C=C=C/C=C\c1ccc(OC)cc1. The summed E-state index contributed by atoms with van der Waals surface area (Å²) in [6.45, 7) is 3.38. The summed E-state index contributed by atoms with van der Waals surface area (Å²) in [5.41, 5.74) is 8.98. The van der Waals surface area contributed by atoms with Gasteiger partial charge in [0.2, 0.25) is 0 Å². The fourth-order valence-electron chi connectivity index (χ4n) is 1.02. The topological polar surface area (TPSA) is 9.23 Å². The molecule has 0 aliphatic carbocycles. The lowest BCUT2D eigenvalue weighted by molar-refractivity contribution is 0.415. The highest BCUT2D eigenvalue weighted by Crippen LogP contribution is 2.11. The molecule has 0 saturated carbocycles. The van der Waals surface area contributed by atoms with Gasteiger partial charge in [0.05, 0.1) is 7.11 Å². The van der Waals surface area contributed by atoms with Gasteiger partial charge in [0.15, 0.2) is 0 Å². The molecular weight excluding hydrogens is 184 g/mol. The molecule has 0 aromatic heterocycles. The van der Waals surface area contributed by atoms with Crippen LogP contribution in [0, 0.1) is 0 Å². The summed E-state index contributed by atoms with van der Waals surface area (Å²) >= 11 is 0. The Bertz CT molecular complexity index is 447. The Balaban J connectivity index is 2.73. The standard InChI is InChI=1S/C14H12O/c1-3-4-5-6-7-8-13-9-11-14(15-2)12-10-13/h6-12H,1H2,2H3/b8-7-. The maximum Gasteiger partial charge on any atom is 0.118 e. The van der Waals surface area contributed by atoms with Crippen LogP contribution in [0.4, 0.5) is 0 Å². The molecule has 0 amide bonds. The van der Waals surface area contributed by atoms with Crippen molar-refractivity contribution in [2.45, 2.75) is 0 Å². The summed E-state index contributed by atoms with van der Waals surface area (Å²) in [4.78, 5) is 0. The van der Waals surface area contributed by atoms with Crippen LogP contribution in [0.1, 0.15) is 5.56 Å². The van der Waals surface area contributed by atoms with Crippen molar-refractivity contribution in [1.29, 1.82) is 0 Å². The summed E-state index contributed by atoms with van der Waals surface area (Å²) in [5.74, 6) is 0.858. The zero-order valence-corrected chi connectivity index (χ0v) is 8.66. The molecule has 1 rings (SSSR count). The Morgan fingerprint density at radius 1 is 1.27 bits per heavy atom. The normalized spacial score (nSPS) is 8.87. The van der Waals surface area contributed by atoms with Gasteiger partial charge < -0.3 is 4.74 Å². The van der Waals surface area contributed by atoms with Crippen molar-refractivity contribution in [1.82, 2.24) is 0 Å². The third kappa shape index (κ3) is 4.04. The highest BCUT2D eigenvalue weighted by Gasteiger charge is 1.88. The molecule has 0 bridgehead atoms. The van der Waals surface area contributed by atoms with Gasteiger partial charge in [-0.05, 0) is 36.1 Å². The quantitative estimate of drug-likeness (QED) is 0.532. The molecule has 0 atom stereocenters. The average molecular weight is 196 g/mol. The van der Waals surface area contributed by atoms with Crippen molar-refractivity contribution in [3.63, 3.8) is 0 Å². The van der Waals surface area contributed by atoms with Gasteiger partial charge >= 0.3 is 0 Å². The first kappa shape index (κ1) is 10.9. The van der Waals surface area contributed by atoms with E-state index in [1.165, 1.54) is 0 Å². The van der Waals surface area contributed by atoms with Crippen molar-refractivity contribution in [2.75, 3.05) is 7.11 Å². The first-order chi connectivity index (χ1) is 7.36. The van der Waals surface area contributed by atoms with E-state index in [4.69, 9.17) is 4.74 Å². The van der Waals surface area contributed by atoms with Crippen molar-refractivity contribution in [3.05, 3.63) is 65.8 Å². The van der Waals surface area contributed by atoms with Gasteiger partial charge in [0, 0.05) is 0 Å². The zero-order valence-electron chi connectivity index (χ0n) is 8.66. The monoisotopic (exact) mass is 196 g/mol. The van der Waals surface area contributed by atoms with Gasteiger partial charge in [-0.15, -0.1) is 0 Å². The highest BCUT2D eigenvalue weighted by atomic mass is 16.5. The lowest BCUT2D eigenvalue weighted by Crippen LogP contribution is -1.81. The number of hydrogen-bond donors (Lipinski definition) is 0. The molecule has 1 nitrogen and oxygen atoms in total. The second-order valence-electron chi connectivity index (χ2n) is 2.75. The van der Waals surface area contributed by atoms with Crippen LogP contribution in [0.25, 0.3) is 6.08 Å². The first-order valence-corrected chi connectivity index (χ1v) is 4.53. The molecule has 0 fully saturated rings. The summed E-state index contributed by atoms with van der Waals surface area (Å²) in [6.07, 6.45) is 5.60. The molecule has 0 N–H and O–H groups in total. The Morgan fingerprint density at radius 3 is 2.60 bits per heavy atom. The van der Waals surface area contributed by atoms with E-state index < -0.39 is 0 Å². The van der Waals surface area contributed by atoms with Crippen molar-refractivity contribution < 1.29 is 4.74 Å². The number of methoxy groups -OCH3 is 1. The van der Waals surface area contributed by atoms with E-state index in [-0.39, 0.29) is 0 Å². The Labute approximate surface area is 90.0 Å². The number of rotatable bonds is 3. The van der Waals surface area contributed by atoms with Gasteiger partial charge in [0.1, 0.15) is 5.75 Å². The minimum Gasteiger partial charge on any atom is -0.497 e. The second-order valence-corrected chi connectivity index (χ2v) is 2.75. The van der Waals surface area contributed by atoms with E-state index in [0.717, 1.165) is 11.3 Å². The molecule has 0 heterocycles. The average Bonchev–Trinajstić information content (AvgIpc) is 2.30. The molecule has 1 aromatic carbocycles. The van der Waals surface area contributed by atoms with Crippen molar-refractivity contribution >= 4 is 6.08 Å². The van der Waals surface area contributed by atoms with Crippen LogP contribution >= 0.6 is 0 Å². The Hall–Kier alpha value is -2.16. The van der Waals surface area contributed by atoms with Gasteiger partial charge in [-0.25, -0.2) is 0 Å². The molecule has 0 aliphatic rings. The van der Waals surface area contributed by atoms with Crippen LogP contribution in [0.2, 0.25) is 0 Å². The van der Waals surface area contributed by atoms with Crippen LogP contribution in [-0.2, 0) is 0 Å². The summed E-state index contributed by atoms with van der Waals surface area (Å²) < 4.78 is 5.06. The van der Waals surface area contributed by atoms with Crippen molar-refractivity contribution in [3.8, 4) is 5.75 Å². The van der Waals surface area contributed by atoms with E-state index in [1.807, 2.05) is 36.4 Å². The lowest BCUT2D eigenvalue weighted by Gasteiger charge is -1.98. The molecule has 15 heavy (non-hydrogen) atoms. The Kier molecular flexibility index (Phi) is 4.60. The van der Waals surface area contributed by atoms with E-state index in [0.29, 0.717) is 0 Å². The number of hydrogen-bond acceptors (Lipinski definition) is 1. The molecule has 0 radical (unpaired) electrons. The molecule has 0 spiro atoms. The van der Waals surface area contributed by atoms with Crippen LogP contribution < -0.4 is 4.74 Å². The molecular formula is C14H12O. The predicted octanol–water partition coefficient (Wildman–Crippen LogP) is 3.36. The maximum atomic E-state index is 5.06. The highest BCUT2D eigenvalue weighted by molar-refractivity contribution is 5.52. The van der Waals surface area contributed by atoms with Crippen LogP contribution in [0.15, 0.2) is 60.2 Å². The van der Waals surface area contributed by atoms with Crippen LogP contribution in [-0.4, -0.2) is 7.11 Å². The number of allylic oxidation sites excluding steroid dienone is 2. The molecule has 1 heteroatoms. The van der Waals surface area contributed by atoms with E-state index in [1.54, 1.807) is 13.2 Å². The molecule has 0 unspecified atom stereocenters. The number of ether oxygens (including phenoxy) is 1. The fraction of sp³-hybridized carbons (Fsp3) is 0.0714. The smallest absolute Gasteiger partial charge is 0.118 e. The summed E-state index contributed by atoms with van der Waals surface area (Å²) in [7, 11) is 1.65. The van der Waals surface area contributed by atoms with E-state index in [2.05, 4.69) is 23.8 Å². The summed E-state index contributed by atoms with van der Waals surface area (Å²) in [5, 5.41) is 0. The predicted molar refractivity (Wildman–Crippen MR) is 62.8 cm³/mol. The first-order valence-electron chi connectivity index (χ1n) is 4.53. The minimum atomic E-state index is 0.858. The fourth-order valence-corrected chi connectivity index (χ4v) is 1.02. The van der Waals surface area contributed by atoms with Gasteiger partial charge in [0.25, 0.3) is 0 Å². The number of benzene rings is 1. The largest absolute Gasteiger partial charge is 0.497 e. The van der Waals surface area contributed by atoms with Gasteiger partial charge in [-0.1, -0.05) is 35.7 Å². The van der Waals surface area contributed by atoms with E-state index >= 15 is 0 Å². The molecule has 0 saturated heterocycles. The molecule has 0 aliphatic heterocycles. The zero-order chi connectivity index (χ0) is 10.9. The summed E-state index contributed by atoms with van der Waals surface area (Å²) in [6, 6.07) is 7.80. The third-order valence-corrected chi connectivity index (χ3v) is 1.74. The minimum absolute atomic E-state index is 0.858. The molecule has 1 aromatic rings. The van der Waals surface area contributed by atoms with Gasteiger partial charge in [-0.2, -0.15) is 0 Å². The Morgan fingerprint density at radius 2 is 2.00 bits per heavy atom. The lowest BCUT2D eigenvalue weighted by atomic mass is 10.2. The van der Waals surface area contributed by atoms with Gasteiger partial charge in [-0.3, -0.25) is 0 Å². The van der Waals surface area contributed by atoms with Crippen molar-refractivity contribution in [2.24, 2.45) is 0 Å². The van der Waals surface area contributed by atoms with Crippen LogP contribution in [0.3, 0.4) is 0 Å². The maximum absolute atomic E-state index is 5.06. The molecule has 74 valence electrons. The second kappa shape index (κ2) is 6.32. The van der Waals surface area contributed by atoms with Crippen LogP contribution in [0.5, 0.6) is 5.75 Å². The third-order valence-electron chi connectivity index (χ3n) is 1.74. The van der Waals surface area contributed by atoms with E-state index in [9.17, 15) is 0 Å².